The van der Waals surface area contributed by atoms with Gasteiger partial charge in [-0.05, 0) is 12.8 Å². The van der Waals surface area contributed by atoms with Gasteiger partial charge in [0.2, 0.25) is 0 Å². The van der Waals surface area contributed by atoms with Crippen molar-refractivity contribution in [2.24, 2.45) is 5.92 Å². The minimum Gasteiger partial charge on any atom is -0.373 e. The number of nitrogens with one attached hydrogen (secondary N) is 1. The van der Waals surface area contributed by atoms with Gasteiger partial charge in [0.25, 0.3) is 0 Å². The summed E-state index contributed by atoms with van der Waals surface area (Å²) in [5.74, 6) is 0.412. The van der Waals surface area contributed by atoms with Crippen molar-refractivity contribution in [1.29, 1.82) is 5.41 Å². The van der Waals surface area contributed by atoms with E-state index in [1.807, 2.05) is 6.92 Å². The predicted molar refractivity (Wildman–Crippen MR) is 43.7 cm³/mol. The summed E-state index contributed by atoms with van der Waals surface area (Å²) in [4.78, 5) is 0. The van der Waals surface area contributed by atoms with Crippen LogP contribution in [0.2, 0.25) is 0 Å². The van der Waals surface area contributed by atoms with Crippen molar-refractivity contribution >= 4 is 6.21 Å². The van der Waals surface area contributed by atoms with E-state index in [1.54, 1.807) is 7.11 Å². The second-order valence-electron chi connectivity index (χ2n) is 2.84. The maximum Gasteiger partial charge on any atom is 0.102 e. The molecule has 0 aliphatic carbocycles. The van der Waals surface area contributed by atoms with E-state index in [0.29, 0.717) is 5.92 Å². The zero-order chi connectivity index (χ0) is 8.20. The Balaban J connectivity index is 4.16. The highest BCUT2D eigenvalue weighted by Crippen LogP contribution is 2.20. The summed E-state index contributed by atoms with van der Waals surface area (Å²) < 4.78 is 5.20. The lowest BCUT2D eigenvalue weighted by molar-refractivity contribution is 0.0237. The molecule has 1 N–H and O–H groups in total. The van der Waals surface area contributed by atoms with Crippen LogP contribution >= 0.6 is 0 Å². The molecule has 0 fully saturated rings. The fourth-order valence-electron chi connectivity index (χ4n) is 0.808. The van der Waals surface area contributed by atoms with Crippen molar-refractivity contribution in [2.45, 2.75) is 32.8 Å². The van der Waals surface area contributed by atoms with Gasteiger partial charge in [0, 0.05) is 13.3 Å². The van der Waals surface area contributed by atoms with E-state index in [9.17, 15) is 0 Å². The second-order valence-corrected chi connectivity index (χ2v) is 2.84. The Morgan fingerprint density at radius 3 is 2.30 bits per heavy atom. The molecular formula is C8H17NO. The van der Waals surface area contributed by atoms with Crippen LogP contribution in [-0.4, -0.2) is 18.9 Å². The number of hydrogen-bond donors (Lipinski definition) is 1. The predicted octanol–water partition coefficient (Wildman–Crippen LogP) is 2.09. The first-order valence-corrected chi connectivity index (χ1v) is 3.67. The van der Waals surface area contributed by atoms with Crippen LogP contribution in [0.4, 0.5) is 0 Å². The standard InChI is InChI=1S/C8H17NO/c1-5-7(2)8(3,6-9)10-4/h6-7,9H,5H2,1-4H3/t7-,8?/m1/s1. The highest BCUT2D eigenvalue weighted by atomic mass is 16.5. The van der Waals surface area contributed by atoms with Gasteiger partial charge in [0.1, 0.15) is 5.60 Å². The molecule has 0 amide bonds. The van der Waals surface area contributed by atoms with Crippen LogP contribution in [-0.2, 0) is 4.74 Å². The Kier molecular flexibility index (Phi) is 3.58. The topological polar surface area (TPSA) is 33.1 Å². The third kappa shape index (κ3) is 1.81. The molecule has 0 rings (SSSR count). The lowest BCUT2D eigenvalue weighted by atomic mass is 9.90. The second kappa shape index (κ2) is 3.71. The van der Waals surface area contributed by atoms with Crippen molar-refractivity contribution in [1.82, 2.24) is 0 Å². The lowest BCUT2D eigenvalue weighted by Gasteiger charge is -2.29. The summed E-state index contributed by atoms with van der Waals surface area (Å²) in [5, 5.41) is 7.14. The number of rotatable bonds is 4. The van der Waals surface area contributed by atoms with Gasteiger partial charge in [0.05, 0.1) is 0 Å². The van der Waals surface area contributed by atoms with E-state index in [1.165, 1.54) is 6.21 Å². The molecule has 0 radical (unpaired) electrons. The Morgan fingerprint density at radius 1 is 1.70 bits per heavy atom. The minimum atomic E-state index is -0.366. The van der Waals surface area contributed by atoms with Crippen molar-refractivity contribution in [3.8, 4) is 0 Å². The van der Waals surface area contributed by atoms with Crippen LogP contribution in [0.5, 0.6) is 0 Å². The molecule has 0 bridgehead atoms. The monoisotopic (exact) mass is 143 g/mol. The fourth-order valence-corrected chi connectivity index (χ4v) is 0.808. The molecule has 0 saturated heterocycles. The van der Waals surface area contributed by atoms with E-state index in [2.05, 4.69) is 13.8 Å². The van der Waals surface area contributed by atoms with Crippen molar-refractivity contribution < 1.29 is 4.74 Å². The van der Waals surface area contributed by atoms with E-state index in [4.69, 9.17) is 10.1 Å². The number of methoxy groups -OCH3 is 1. The number of ether oxygens (including phenoxy) is 1. The third-order valence-corrected chi connectivity index (χ3v) is 2.32. The molecule has 60 valence electrons. The Bertz CT molecular complexity index is 114. The fraction of sp³-hybridized carbons (Fsp3) is 0.875. The van der Waals surface area contributed by atoms with Crippen LogP contribution in [0.3, 0.4) is 0 Å². The first-order valence-electron chi connectivity index (χ1n) is 3.67. The molecule has 0 heterocycles. The average molecular weight is 143 g/mol. The molecule has 1 unspecified atom stereocenters. The Hall–Kier alpha value is -0.370. The Labute approximate surface area is 63.1 Å². The molecule has 0 aliphatic rings. The number of hydrogen-bond acceptors (Lipinski definition) is 2. The zero-order valence-corrected chi connectivity index (χ0v) is 7.27. The molecule has 0 saturated carbocycles. The lowest BCUT2D eigenvalue weighted by Crippen LogP contribution is -2.36. The third-order valence-electron chi connectivity index (χ3n) is 2.32. The SMILES string of the molecule is CC[C@@H](C)C(C)(C=N)OC. The molecule has 0 aromatic rings. The molecule has 0 spiro atoms. The molecule has 0 aliphatic heterocycles. The quantitative estimate of drug-likeness (QED) is 0.600. The first kappa shape index (κ1) is 9.63. The maximum absolute atomic E-state index is 7.14. The van der Waals surface area contributed by atoms with Gasteiger partial charge in [-0.25, -0.2) is 0 Å². The summed E-state index contributed by atoms with van der Waals surface area (Å²) in [6, 6.07) is 0. The zero-order valence-electron chi connectivity index (χ0n) is 7.27. The van der Waals surface area contributed by atoms with E-state index >= 15 is 0 Å². The smallest absolute Gasteiger partial charge is 0.102 e. The molecule has 0 aromatic carbocycles. The van der Waals surface area contributed by atoms with Crippen LogP contribution < -0.4 is 0 Å². The van der Waals surface area contributed by atoms with Crippen molar-refractivity contribution in [3.63, 3.8) is 0 Å². The van der Waals surface area contributed by atoms with Gasteiger partial charge in [-0.3, -0.25) is 0 Å². The van der Waals surface area contributed by atoms with E-state index in [-0.39, 0.29) is 5.60 Å². The van der Waals surface area contributed by atoms with Gasteiger partial charge in [-0.1, -0.05) is 20.3 Å². The molecule has 2 nitrogen and oxygen atoms in total. The summed E-state index contributed by atoms with van der Waals surface area (Å²) in [6.07, 6.45) is 2.42. The first-order chi connectivity index (χ1) is 4.60. The van der Waals surface area contributed by atoms with Crippen molar-refractivity contribution in [3.05, 3.63) is 0 Å². The van der Waals surface area contributed by atoms with E-state index in [0.717, 1.165) is 6.42 Å². The van der Waals surface area contributed by atoms with Gasteiger partial charge in [-0.15, -0.1) is 0 Å². The van der Waals surface area contributed by atoms with Crippen LogP contribution in [0.25, 0.3) is 0 Å². The summed E-state index contributed by atoms with van der Waals surface area (Å²) in [6.45, 7) is 6.13. The van der Waals surface area contributed by atoms with Gasteiger partial charge in [-0.2, -0.15) is 0 Å². The van der Waals surface area contributed by atoms with E-state index < -0.39 is 0 Å². The van der Waals surface area contributed by atoms with Crippen LogP contribution in [0, 0.1) is 11.3 Å². The van der Waals surface area contributed by atoms with Crippen LogP contribution in [0.1, 0.15) is 27.2 Å². The van der Waals surface area contributed by atoms with Gasteiger partial charge in [0.15, 0.2) is 0 Å². The van der Waals surface area contributed by atoms with Crippen LogP contribution in [0.15, 0.2) is 0 Å². The average Bonchev–Trinajstić information content (AvgIpc) is 2.01. The van der Waals surface area contributed by atoms with Gasteiger partial charge < -0.3 is 10.1 Å². The highest BCUT2D eigenvalue weighted by molar-refractivity contribution is 5.65. The van der Waals surface area contributed by atoms with Crippen molar-refractivity contribution in [2.75, 3.05) is 7.11 Å². The molecule has 2 heteroatoms. The molecule has 0 aromatic heterocycles. The maximum atomic E-state index is 7.14. The van der Waals surface area contributed by atoms with Gasteiger partial charge >= 0.3 is 0 Å². The Morgan fingerprint density at radius 2 is 2.20 bits per heavy atom. The molecule has 10 heavy (non-hydrogen) atoms. The largest absolute Gasteiger partial charge is 0.373 e. The summed E-state index contributed by atoms with van der Waals surface area (Å²) in [7, 11) is 1.65. The molecular weight excluding hydrogens is 126 g/mol. The summed E-state index contributed by atoms with van der Waals surface area (Å²) >= 11 is 0. The summed E-state index contributed by atoms with van der Waals surface area (Å²) in [5.41, 5.74) is -0.366. The normalized spacial score (nSPS) is 19.6. The highest BCUT2D eigenvalue weighted by Gasteiger charge is 2.26. The molecule has 2 atom stereocenters. The minimum absolute atomic E-state index is 0.366.